The number of aryl methyl sites for hydroxylation is 1. The van der Waals surface area contributed by atoms with E-state index in [1.807, 2.05) is 25.1 Å². The van der Waals surface area contributed by atoms with Crippen LogP contribution in [0.15, 0.2) is 24.4 Å². The first-order valence-corrected chi connectivity index (χ1v) is 9.18. The fourth-order valence-corrected chi connectivity index (χ4v) is 3.46. The van der Waals surface area contributed by atoms with E-state index in [2.05, 4.69) is 10.3 Å². The molecule has 0 bridgehead atoms. The number of thiazole rings is 1. The summed E-state index contributed by atoms with van der Waals surface area (Å²) in [5.74, 6) is 0.817. The third-order valence-electron chi connectivity index (χ3n) is 3.85. The molecule has 1 N–H and O–H groups in total. The molecular formula is C16H17Cl2N3O2S. The lowest BCUT2D eigenvalue weighted by atomic mass is 10.1. The Labute approximate surface area is 154 Å². The van der Waals surface area contributed by atoms with Crippen LogP contribution >= 0.6 is 34.5 Å². The fourth-order valence-electron chi connectivity index (χ4n) is 2.54. The predicted molar refractivity (Wildman–Crippen MR) is 97.6 cm³/mol. The summed E-state index contributed by atoms with van der Waals surface area (Å²) in [6.45, 7) is 3.23. The van der Waals surface area contributed by atoms with E-state index in [0.29, 0.717) is 22.6 Å². The number of piperidine rings is 1. The van der Waals surface area contributed by atoms with Crippen molar-refractivity contribution in [2.75, 3.05) is 18.4 Å². The van der Waals surface area contributed by atoms with Crippen molar-refractivity contribution in [2.45, 2.75) is 25.9 Å². The Kier molecular flexibility index (Phi) is 5.48. The van der Waals surface area contributed by atoms with Gasteiger partial charge in [-0.1, -0.05) is 34.5 Å². The molecule has 0 saturated carbocycles. The molecule has 1 saturated heterocycles. The maximum atomic E-state index is 12.2. The van der Waals surface area contributed by atoms with Gasteiger partial charge >= 0.3 is 6.03 Å². The molecule has 2 amide bonds. The van der Waals surface area contributed by atoms with Gasteiger partial charge in [0.25, 0.3) is 0 Å². The summed E-state index contributed by atoms with van der Waals surface area (Å²) >= 11 is 13.1. The largest absolute Gasteiger partial charge is 0.490 e. The lowest BCUT2D eigenvalue weighted by molar-refractivity contribution is 0.115. The number of aromatic nitrogens is 1. The minimum Gasteiger partial charge on any atom is -0.490 e. The molecule has 1 aromatic carbocycles. The van der Waals surface area contributed by atoms with Gasteiger partial charge < -0.3 is 9.64 Å². The van der Waals surface area contributed by atoms with Crippen LogP contribution in [-0.4, -0.2) is 35.1 Å². The number of amides is 2. The average molecular weight is 386 g/mol. The van der Waals surface area contributed by atoms with E-state index in [1.54, 1.807) is 4.90 Å². The molecular weight excluding hydrogens is 369 g/mol. The average Bonchev–Trinajstić information content (AvgIpc) is 2.96. The maximum Gasteiger partial charge on any atom is 0.323 e. The van der Waals surface area contributed by atoms with Gasteiger partial charge in [-0.3, -0.25) is 5.32 Å². The number of anilines is 1. The number of carbonyl (C=O) groups is 1. The van der Waals surface area contributed by atoms with E-state index < -0.39 is 0 Å². The van der Waals surface area contributed by atoms with E-state index in [0.717, 1.165) is 29.2 Å². The summed E-state index contributed by atoms with van der Waals surface area (Å²) in [5.41, 5.74) is 0.994. The van der Waals surface area contributed by atoms with Gasteiger partial charge in [-0.25, -0.2) is 9.78 Å². The van der Waals surface area contributed by atoms with Crippen molar-refractivity contribution < 1.29 is 9.53 Å². The second-order valence-electron chi connectivity index (χ2n) is 5.61. The molecule has 0 spiro atoms. The van der Waals surface area contributed by atoms with Gasteiger partial charge in [0.05, 0.1) is 6.20 Å². The minimum atomic E-state index is -0.151. The van der Waals surface area contributed by atoms with Crippen LogP contribution in [0.3, 0.4) is 0 Å². The van der Waals surface area contributed by atoms with Crippen LogP contribution in [-0.2, 0) is 0 Å². The molecule has 1 aliphatic rings. The second-order valence-corrected chi connectivity index (χ2v) is 7.68. The first kappa shape index (κ1) is 17.3. The summed E-state index contributed by atoms with van der Waals surface area (Å²) in [4.78, 5) is 18.0. The van der Waals surface area contributed by atoms with Crippen molar-refractivity contribution in [3.63, 3.8) is 0 Å². The lowest BCUT2D eigenvalue weighted by Gasteiger charge is -2.32. The van der Waals surface area contributed by atoms with Crippen LogP contribution < -0.4 is 10.1 Å². The number of rotatable bonds is 3. The Morgan fingerprint density at radius 1 is 1.38 bits per heavy atom. The van der Waals surface area contributed by atoms with Gasteiger partial charge in [-0.2, -0.15) is 0 Å². The molecule has 0 aliphatic carbocycles. The molecule has 0 radical (unpaired) electrons. The van der Waals surface area contributed by atoms with Crippen molar-refractivity contribution in [2.24, 2.45) is 0 Å². The standard InChI is InChI=1S/C16H17Cl2N3O2S/c1-10-8-12(2-3-13(10)17)23-11-4-6-21(7-5-11)16(22)20-15-19-9-14(18)24-15/h2-3,8-9,11H,4-7H2,1H3,(H,19,20,22). The molecule has 3 rings (SSSR count). The van der Waals surface area contributed by atoms with Crippen LogP contribution in [0.5, 0.6) is 5.75 Å². The van der Waals surface area contributed by atoms with E-state index in [9.17, 15) is 4.79 Å². The number of hydrogen-bond donors (Lipinski definition) is 1. The van der Waals surface area contributed by atoms with Gasteiger partial charge in [0.1, 0.15) is 16.2 Å². The summed E-state index contributed by atoms with van der Waals surface area (Å²) in [6.07, 6.45) is 3.20. The zero-order chi connectivity index (χ0) is 17.1. The maximum absolute atomic E-state index is 12.2. The molecule has 1 aromatic heterocycles. The summed E-state index contributed by atoms with van der Waals surface area (Å²) in [6, 6.07) is 5.50. The van der Waals surface area contributed by atoms with Crippen molar-refractivity contribution in [3.05, 3.63) is 39.3 Å². The highest BCUT2D eigenvalue weighted by molar-refractivity contribution is 7.19. The van der Waals surface area contributed by atoms with Crippen molar-refractivity contribution >= 4 is 45.7 Å². The quantitative estimate of drug-likeness (QED) is 0.822. The Morgan fingerprint density at radius 3 is 2.75 bits per heavy atom. The monoisotopic (exact) mass is 385 g/mol. The van der Waals surface area contributed by atoms with Crippen LogP contribution in [0.25, 0.3) is 0 Å². The molecule has 1 fully saturated rings. The van der Waals surface area contributed by atoms with E-state index in [1.165, 1.54) is 17.5 Å². The Hall–Kier alpha value is -1.50. The smallest absolute Gasteiger partial charge is 0.323 e. The Balaban J connectivity index is 1.50. The number of likely N-dealkylation sites (tertiary alicyclic amines) is 1. The van der Waals surface area contributed by atoms with E-state index in [-0.39, 0.29) is 12.1 Å². The number of ether oxygens (including phenoxy) is 1. The molecule has 24 heavy (non-hydrogen) atoms. The number of hydrogen-bond acceptors (Lipinski definition) is 4. The van der Waals surface area contributed by atoms with Gasteiger partial charge in [0.15, 0.2) is 5.13 Å². The molecule has 128 valence electrons. The predicted octanol–water partition coefficient (Wildman–Crippen LogP) is 4.83. The number of halogens is 2. The fraction of sp³-hybridized carbons (Fsp3) is 0.375. The zero-order valence-electron chi connectivity index (χ0n) is 13.1. The van der Waals surface area contributed by atoms with Crippen LogP contribution in [0.4, 0.5) is 9.93 Å². The first-order chi connectivity index (χ1) is 11.5. The first-order valence-electron chi connectivity index (χ1n) is 7.61. The molecule has 1 aliphatic heterocycles. The molecule has 8 heteroatoms. The second kappa shape index (κ2) is 7.59. The topological polar surface area (TPSA) is 54.5 Å². The van der Waals surface area contributed by atoms with Crippen molar-refractivity contribution in [1.82, 2.24) is 9.88 Å². The number of urea groups is 1. The van der Waals surface area contributed by atoms with Crippen LogP contribution in [0.1, 0.15) is 18.4 Å². The number of nitrogens with one attached hydrogen (secondary N) is 1. The third-order valence-corrected chi connectivity index (χ3v) is 5.31. The van der Waals surface area contributed by atoms with Gasteiger partial charge in [-0.15, -0.1) is 0 Å². The van der Waals surface area contributed by atoms with Crippen LogP contribution in [0.2, 0.25) is 9.36 Å². The molecule has 2 heterocycles. The molecule has 0 atom stereocenters. The highest BCUT2D eigenvalue weighted by atomic mass is 35.5. The normalized spacial score (nSPS) is 15.4. The summed E-state index contributed by atoms with van der Waals surface area (Å²) in [7, 11) is 0. The van der Waals surface area contributed by atoms with Gasteiger partial charge in [-0.05, 0) is 30.7 Å². The van der Waals surface area contributed by atoms with Crippen molar-refractivity contribution in [1.29, 1.82) is 0 Å². The number of benzene rings is 1. The Bertz CT molecular complexity index is 730. The molecule has 5 nitrogen and oxygen atoms in total. The van der Waals surface area contributed by atoms with Crippen molar-refractivity contribution in [3.8, 4) is 5.75 Å². The summed E-state index contributed by atoms with van der Waals surface area (Å²) < 4.78 is 6.55. The Morgan fingerprint density at radius 2 is 2.12 bits per heavy atom. The highest BCUT2D eigenvalue weighted by Crippen LogP contribution is 2.25. The van der Waals surface area contributed by atoms with E-state index >= 15 is 0 Å². The molecule has 0 unspecified atom stereocenters. The lowest BCUT2D eigenvalue weighted by Crippen LogP contribution is -2.43. The third kappa shape index (κ3) is 4.32. The van der Waals surface area contributed by atoms with Crippen LogP contribution in [0, 0.1) is 6.92 Å². The van der Waals surface area contributed by atoms with Gasteiger partial charge in [0.2, 0.25) is 0 Å². The summed E-state index contributed by atoms with van der Waals surface area (Å²) in [5, 5.41) is 4.01. The zero-order valence-corrected chi connectivity index (χ0v) is 15.4. The molecule has 2 aromatic rings. The SMILES string of the molecule is Cc1cc(OC2CCN(C(=O)Nc3ncc(Cl)s3)CC2)ccc1Cl. The van der Waals surface area contributed by atoms with E-state index in [4.69, 9.17) is 27.9 Å². The van der Waals surface area contributed by atoms with Gasteiger partial charge in [0, 0.05) is 31.0 Å². The minimum absolute atomic E-state index is 0.101. The number of nitrogens with zero attached hydrogens (tertiary/aromatic N) is 2. The number of carbonyl (C=O) groups excluding carboxylic acids is 1. The highest BCUT2D eigenvalue weighted by Gasteiger charge is 2.24.